The maximum atomic E-state index is 11.9. The molecule has 1 heterocycles. The average Bonchev–Trinajstić information content (AvgIpc) is 2.19. The molecule has 0 aromatic carbocycles. The lowest BCUT2D eigenvalue weighted by Gasteiger charge is -2.17. The van der Waals surface area contributed by atoms with E-state index < -0.39 is 10.0 Å². The van der Waals surface area contributed by atoms with Gasteiger partial charge in [0.15, 0.2) is 0 Å². The second-order valence-corrected chi connectivity index (χ2v) is 4.80. The highest BCUT2D eigenvalue weighted by Crippen LogP contribution is 2.13. The molecule has 0 radical (unpaired) electrons. The van der Waals surface area contributed by atoms with Crippen LogP contribution in [-0.2, 0) is 10.0 Å². The van der Waals surface area contributed by atoms with Gasteiger partial charge in [-0.05, 0) is 0 Å². The smallest absolute Gasteiger partial charge is 0.246 e. The van der Waals surface area contributed by atoms with Crippen LogP contribution >= 0.6 is 0 Å². The summed E-state index contributed by atoms with van der Waals surface area (Å²) in [7, 11) is -3.47. The third-order valence-electron chi connectivity index (χ3n) is 1.99. The van der Waals surface area contributed by atoms with E-state index >= 15 is 0 Å². The fraction of sp³-hybridized carbons (Fsp3) is 0.500. The molecule has 0 atom stereocenters. The topological polar surface area (TPSA) is 89.2 Å². The van der Waals surface area contributed by atoms with E-state index in [1.54, 1.807) is 13.8 Å². The van der Waals surface area contributed by atoms with E-state index in [1.807, 2.05) is 0 Å². The van der Waals surface area contributed by atoms with Crippen LogP contribution in [0, 0.1) is 0 Å². The number of aromatic nitrogens is 2. The molecule has 0 saturated carbocycles. The number of nitrogens with zero attached hydrogens (tertiary/aromatic N) is 3. The molecule has 15 heavy (non-hydrogen) atoms. The lowest BCUT2D eigenvalue weighted by atomic mass is 10.7. The van der Waals surface area contributed by atoms with Crippen LogP contribution < -0.4 is 5.73 Å². The Morgan fingerprint density at radius 2 is 1.73 bits per heavy atom. The Balaban J connectivity index is 3.11. The first-order valence-corrected chi connectivity index (χ1v) is 6.04. The SMILES string of the molecule is CCN(CC)S(=O)(=O)c1cnc(N)nc1. The minimum Gasteiger partial charge on any atom is -0.368 e. The van der Waals surface area contributed by atoms with Gasteiger partial charge in [-0.25, -0.2) is 18.4 Å². The highest BCUT2D eigenvalue weighted by molar-refractivity contribution is 7.89. The average molecular weight is 230 g/mol. The van der Waals surface area contributed by atoms with Crippen LogP contribution in [0.2, 0.25) is 0 Å². The molecule has 0 aliphatic heterocycles. The quantitative estimate of drug-likeness (QED) is 0.791. The van der Waals surface area contributed by atoms with E-state index in [0.29, 0.717) is 13.1 Å². The molecule has 2 N–H and O–H groups in total. The molecule has 0 saturated heterocycles. The number of rotatable bonds is 4. The van der Waals surface area contributed by atoms with Gasteiger partial charge in [-0.2, -0.15) is 4.31 Å². The summed E-state index contributed by atoms with van der Waals surface area (Å²) in [5.41, 5.74) is 5.28. The summed E-state index contributed by atoms with van der Waals surface area (Å²) in [5.74, 6) is 0.0634. The fourth-order valence-electron chi connectivity index (χ4n) is 1.17. The Kier molecular flexibility index (Phi) is 3.59. The second-order valence-electron chi connectivity index (χ2n) is 2.87. The van der Waals surface area contributed by atoms with Gasteiger partial charge in [0.05, 0.1) is 12.4 Å². The van der Waals surface area contributed by atoms with Gasteiger partial charge in [0, 0.05) is 13.1 Å². The molecule has 6 nitrogen and oxygen atoms in total. The van der Waals surface area contributed by atoms with Crippen molar-refractivity contribution in [2.75, 3.05) is 18.8 Å². The van der Waals surface area contributed by atoms with Gasteiger partial charge in [-0.15, -0.1) is 0 Å². The van der Waals surface area contributed by atoms with Crippen molar-refractivity contribution in [1.82, 2.24) is 14.3 Å². The van der Waals surface area contributed by atoms with E-state index in [4.69, 9.17) is 5.73 Å². The predicted molar refractivity (Wildman–Crippen MR) is 56.6 cm³/mol. The summed E-state index contributed by atoms with van der Waals surface area (Å²) >= 11 is 0. The molecule has 1 aromatic heterocycles. The second kappa shape index (κ2) is 4.54. The normalized spacial score (nSPS) is 11.9. The summed E-state index contributed by atoms with van der Waals surface area (Å²) in [5, 5.41) is 0. The van der Waals surface area contributed by atoms with E-state index in [-0.39, 0.29) is 10.8 Å². The van der Waals surface area contributed by atoms with Crippen molar-refractivity contribution >= 4 is 16.0 Å². The van der Waals surface area contributed by atoms with Crippen molar-refractivity contribution in [2.45, 2.75) is 18.7 Å². The van der Waals surface area contributed by atoms with Crippen molar-refractivity contribution in [1.29, 1.82) is 0 Å². The fourth-order valence-corrected chi connectivity index (χ4v) is 2.52. The first kappa shape index (κ1) is 11.9. The molecular weight excluding hydrogens is 216 g/mol. The van der Waals surface area contributed by atoms with Crippen molar-refractivity contribution in [3.05, 3.63) is 12.4 Å². The van der Waals surface area contributed by atoms with Crippen LogP contribution in [-0.4, -0.2) is 35.8 Å². The van der Waals surface area contributed by atoms with Crippen LogP contribution in [0.25, 0.3) is 0 Å². The number of nitrogens with two attached hydrogens (primary N) is 1. The van der Waals surface area contributed by atoms with Crippen molar-refractivity contribution < 1.29 is 8.42 Å². The lowest BCUT2D eigenvalue weighted by Crippen LogP contribution is -2.30. The molecule has 1 aromatic rings. The van der Waals surface area contributed by atoms with Crippen molar-refractivity contribution in [3.8, 4) is 0 Å². The maximum Gasteiger partial charge on any atom is 0.246 e. The molecule has 7 heteroatoms. The number of anilines is 1. The first-order valence-electron chi connectivity index (χ1n) is 4.60. The summed E-state index contributed by atoms with van der Waals surface area (Å²) < 4.78 is 25.2. The highest BCUT2D eigenvalue weighted by atomic mass is 32.2. The van der Waals surface area contributed by atoms with Gasteiger partial charge in [0.1, 0.15) is 4.90 Å². The summed E-state index contributed by atoms with van der Waals surface area (Å²) in [4.78, 5) is 7.38. The Bertz CT molecular complexity index is 411. The van der Waals surface area contributed by atoms with Gasteiger partial charge < -0.3 is 5.73 Å². The van der Waals surface area contributed by atoms with Crippen molar-refractivity contribution in [3.63, 3.8) is 0 Å². The number of hydrogen-bond acceptors (Lipinski definition) is 5. The Morgan fingerprint density at radius 3 is 2.13 bits per heavy atom. The Hall–Kier alpha value is -1.21. The number of sulfonamides is 1. The molecule has 0 fully saturated rings. The molecule has 0 unspecified atom stereocenters. The van der Waals surface area contributed by atoms with E-state index in [2.05, 4.69) is 9.97 Å². The molecule has 0 aliphatic rings. The summed E-state index contributed by atoms with van der Waals surface area (Å²) in [6.07, 6.45) is 2.44. The minimum absolute atomic E-state index is 0.0634. The summed E-state index contributed by atoms with van der Waals surface area (Å²) in [6.45, 7) is 4.39. The maximum absolute atomic E-state index is 11.9. The Morgan fingerprint density at radius 1 is 1.27 bits per heavy atom. The van der Waals surface area contributed by atoms with Crippen LogP contribution in [0.3, 0.4) is 0 Å². The van der Waals surface area contributed by atoms with Crippen LogP contribution in [0.5, 0.6) is 0 Å². The molecular formula is C8H14N4O2S. The van der Waals surface area contributed by atoms with Crippen LogP contribution in [0.4, 0.5) is 5.95 Å². The number of nitrogen functional groups attached to an aromatic ring is 1. The van der Waals surface area contributed by atoms with Gasteiger partial charge in [0.2, 0.25) is 16.0 Å². The number of hydrogen-bond donors (Lipinski definition) is 1. The molecule has 0 amide bonds. The van der Waals surface area contributed by atoms with Gasteiger partial charge in [0.25, 0.3) is 0 Å². The van der Waals surface area contributed by atoms with Gasteiger partial charge >= 0.3 is 0 Å². The van der Waals surface area contributed by atoms with E-state index in [1.165, 1.54) is 16.7 Å². The largest absolute Gasteiger partial charge is 0.368 e. The third kappa shape index (κ3) is 2.42. The third-order valence-corrected chi connectivity index (χ3v) is 3.99. The summed E-state index contributed by atoms with van der Waals surface area (Å²) in [6, 6.07) is 0. The zero-order chi connectivity index (χ0) is 11.5. The molecule has 1 rings (SSSR count). The molecule has 84 valence electrons. The predicted octanol–water partition coefficient (Wildman–Crippen LogP) is 0.0893. The minimum atomic E-state index is -3.47. The zero-order valence-electron chi connectivity index (χ0n) is 8.71. The van der Waals surface area contributed by atoms with Gasteiger partial charge in [-0.1, -0.05) is 13.8 Å². The van der Waals surface area contributed by atoms with E-state index in [0.717, 1.165) is 0 Å². The first-order chi connectivity index (χ1) is 7.02. The van der Waals surface area contributed by atoms with Crippen LogP contribution in [0.15, 0.2) is 17.3 Å². The van der Waals surface area contributed by atoms with Crippen molar-refractivity contribution in [2.24, 2.45) is 0 Å². The Labute approximate surface area is 89.2 Å². The highest BCUT2D eigenvalue weighted by Gasteiger charge is 2.21. The lowest BCUT2D eigenvalue weighted by molar-refractivity contribution is 0.444. The molecule has 0 spiro atoms. The molecule has 0 bridgehead atoms. The van der Waals surface area contributed by atoms with E-state index in [9.17, 15) is 8.42 Å². The standard InChI is InChI=1S/C8H14N4O2S/c1-3-12(4-2)15(13,14)7-5-10-8(9)11-6-7/h5-6H,3-4H2,1-2H3,(H2,9,10,11). The molecule has 0 aliphatic carbocycles. The van der Waals surface area contributed by atoms with Crippen LogP contribution in [0.1, 0.15) is 13.8 Å². The monoisotopic (exact) mass is 230 g/mol. The van der Waals surface area contributed by atoms with Gasteiger partial charge in [-0.3, -0.25) is 0 Å². The zero-order valence-corrected chi connectivity index (χ0v) is 9.53.